The molecule has 2 amide bonds. The molecular formula is C23H35ClF3N3O2. The second-order valence-electron chi connectivity index (χ2n) is 8.65. The third-order valence-electron chi connectivity index (χ3n) is 6.47. The second kappa shape index (κ2) is 12.1. The number of benzene rings is 1. The number of alkyl halides is 3. The lowest BCUT2D eigenvalue weighted by Gasteiger charge is -2.39. The summed E-state index contributed by atoms with van der Waals surface area (Å²) in [6, 6.07) is 5.92. The molecule has 0 radical (unpaired) electrons. The summed E-state index contributed by atoms with van der Waals surface area (Å²) in [6.45, 7) is 10.0. The molecule has 0 spiro atoms. The lowest BCUT2D eigenvalue weighted by Crippen LogP contribution is -2.51. The van der Waals surface area contributed by atoms with Crippen molar-refractivity contribution in [1.82, 2.24) is 14.7 Å². The van der Waals surface area contributed by atoms with Gasteiger partial charge in [0.05, 0.1) is 18.8 Å². The number of hydrogen-bond acceptors (Lipinski definition) is 3. The highest BCUT2D eigenvalue weighted by molar-refractivity contribution is 5.85. The van der Waals surface area contributed by atoms with Gasteiger partial charge in [0.2, 0.25) is 0 Å². The smallest absolute Gasteiger partial charge is 0.378 e. The van der Waals surface area contributed by atoms with E-state index in [1.807, 2.05) is 9.80 Å². The number of morpholine rings is 1. The lowest BCUT2D eigenvalue weighted by molar-refractivity contribution is -0.137. The van der Waals surface area contributed by atoms with E-state index in [0.29, 0.717) is 44.2 Å². The first kappa shape index (κ1) is 26.7. The van der Waals surface area contributed by atoms with Crippen LogP contribution in [0.4, 0.5) is 18.0 Å². The molecule has 0 bridgehead atoms. The van der Waals surface area contributed by atoms with Crippen molar-refractivity contribution >= 4 is 18.4 Å². The Labute approximate surface area is 195 Å². The zero-order valence-electron chi connectivity index (χ0n) is 18.9. The minimum absolute atomic E-state index is 0. The normalized spacial score (nSPS) is 19.1. The summed E-state index contributed by atoms with van der Waals surface area (Å²) >= 11 is 0. The highest BCUT2D eigenvalue weighted by Crippen LogP contribution is 2.30. The molecule has 0 aromatic heterocycles. The van der Waals surface area contributed by atoms with Gasteiger partial charge in [-0.1, -0.05) is 25.1 Å². The maximum Gasteiger partial charge on any atom is 0.416 e. The van der Waals surface area contributed by atoms with Gasteiger partial charge in [-0.2, -0.15) is 13.2 Å². The number of halogens is 4. The van der Waals surface area contributed by atoms with Gasteiger partial charge in [0, 0.05) is 38.8 Å². The highest BCUT2D eigenvalue weighted by Gasteiger charge is 2.31. The minimum atomic E-state index is -4.31. The molecular weight excluding hydrogens is 443 g/mol. The lowest BCUT2D eigenvalue weighted by atomic mass is 9.95. The third kappa shape index (κ3) is 7.25. The predicted molar refractivity (Wildman–Crippen MR) is 121 cm³/mol. The van der Waals surface area contributed by atoms with E-state index in [2.05, 4.69) is 18.7 Å². The fraction of sp³-hybridized carbons (Fsp3) is 0.696. The number of nitrogens with zero attached hydrogens (tertiary/aromatic N) is 3. The van der Waals surface area contributed by atoms with Crippen LogP contribution in [0.15, 0.2) is 24.3 Å². The molecule has 3 rings (SSSR count). The van der Waals surface area contributed by atoms with E-state index in [9.17, 15) is 18.0 Å². The van der Waals surface area contributed by atoms with E-state index in [-0.39, 0.29) is 24.5 Å². The quantitative estimate of drug-likeness (QED) is 0.603. The SMILES string of the molecule is CCN(CC1CCN(C(=O)N2CCOCC2)CC1)C(C)Cc1cccc(C(F)(F)F)c1.Cl. The molecule has 2 aliphatic heterocycles. The highest BCUT2D eigenvalue weighted by atomic mass is 35.5. The van der Waals surface area contributed by atoms with E-state index in [1.54, 1.807) is 6.07 Å². The Kier molecular flexibility index (Phi) is 10.1. The van der Waals surface area contributed by atoms with Crippen molar-refractivity contribution in [2.24, 2.45) is 5.92 Å². The molecule has 1 aromatic carbocycles. The van der Waals surface area contributed by atoms with E-state index >= 15 is 0 Å². The van der Waals surface area contributed by atoms with Crippen molar-refractivity contribution in [2.45, 2.75) is 45.3 Å². The maximum absolute atomic E-state index is 13.0. The summed E-state index contributed by atoms with van der Waals surface area (Å²) < 4.78 is 44.3. The van der Waals surface area contributed by atoms with Crippen molar-refractivity contribution in [2.75, 3.05) is 52.5 Å². The fourth-order valence-corrected chi connectivity index (χ4v) is 4.56. The van der Waals surface area contributed by atoms with Crippen LogP contribution >= 0.6 is 12.4 Å². The van der Waals surface area contributed by atoms with Crippen molar-refractivity contribution < 1.29 is 22.7 Å². The number of carbonyl (C=O) groups excluding carboxylic acids is 1. The number of likely N-dealkylation sites (N-methyl/N-ethyl adjacent to an activating group) is 1. The first-order valence-electron chi connectivity index (χ1n) is 11.3. The van der Waals surface area contributed by atoms with E-state index in [4.69, 9.17) is 4.74 Å². The molecule has 0 aliphatic carbocycles. The summed E-state index contributed by atoms with van der Waals surface area (Å²) in [7, 11) is 0. The molecule has 2 fully saturated rings. The average molecular weight is 478 g/mol. The number of likely N-dealkylation sites (tertiary alicyclic amines) is 1. The van der Waals surface area contributed by atoms with Crippen molar-refractivity contribution in [3.63, 3.8) is 0 Å². The van der Waals surface area contributed by atoms with Gasteiger partial charge < -0.3 is 19.4 Å². The Balaban J connectivity index is 0.00000363. The van der Waals surface area contributed by atoms with Crippen LogP contribution in [-0.2, 0) is 17.3 Å². The molecule has 0 N–H and O–H groups in total. The molecule has 1 aromatic rings. The van der Waals surface area contributed by atoms with Crippen LogP contribution in [-0.4, -0.2) is 79.3 Å². The molecule has 0 saturated carbocycles. The minimum Gasteiger partial charge on any atom is -0.378 e. The molecule has 2 heterocycles. The van der Waals surface area contributed by atoms with Crippen LogP contribution in [0.1, 0.15) is 37.8 Å². The van der Waals surface area contributed by atoms with Gasteiger partial charge in [0.15, 0.2) is 0 Å². The molecule has 2 saturated heterocycles. The first-order chi connectivity index (χ1) is 14.8. The Bertz CT molecular complexity index is 721. The molecule has 9 heteroatoms. The van der Waals surface area contributed by atoms with Crippen LogP contribution < -0.4 is 0 Å². The number of piperidine rings is 1. The van der Waals surface area contributed by atoms with E-state index < -0.39 is 11.7 Å². The summed E-state index contributed by atoms with van der Waals surface area (Å²) in [5.41, 5.74) is 0.129. The van der Waals surface area contributed by atoms with Crippen LogP contribution in [0.3, 0.4) is 0 Å². The topological polar surface area (TPSA) is 36.0 Å². The zero-order chi connectivity index (χ0) is 22.4. The number of hydrogen-bond donors (Lipinski definition) is 0. The molecule has 182 valence electrons. The van der Waals surface area contributed by atoms with Gasteiger partial charge in [-0.25, -0.2) is 4.79 Å². The maximum atomic E-state index is 13.0. The van der Waals surface area contributed by atoms with Gasteiger partial charge in [-0.15, -0.1) is 12.4 Å². The van der Waals surface area contributed by atoms with Gasteiger partial charge in [-0.3, -0.25) is 0 Å². The Hall–Kier alpha value is -1.51. The van der Waals surface area contributed by atoms with Crippen molar-refractivity contribution in [3.8, 4) is 0 Å². The average Bonchev–Trinajstić information content (AvgIpc) is 2.77. The Morgan fingerprint density at radius 3 is 2.38 bits per heavy atom. The third-order valence-corrected chi connectivity index (χ3v) is 6.47. The summed E-state index contributed by atoms with van der Waals surface area (Å²) in [6.07, 6.45) is -1.80. The van der Waals surface area contributed by atoms with Gasteiger partial charge >= 0.3 is 12.2 Å². The largest absolute Gasteiger partial charge is 0.416 e. The molecule has 32 heavy (non-hydrogen) atoms. The van der Waals surface area contributed by atoms with Crippen LogP contribution in [0.25, 0.3) is 0 Å². The number of urea groups is 1. The number of carbonyl (C=O) groups is 1. The summed E-state index contributed by atoms with van der Waals surface area (Å²) in [5.74, 6) is 0.498. The number of rotatable bonds is 6. The predicted octanol–water partition coefficient (Wildman–Crippen LogP) is 4.54. The molecule has 1 atom stereocenters. The van der Waals surface area contributed by atoms with Gasteiger partial charge in [0.25, 0.3) is 0 Å². The van der Waals surface area contributed by atoms with Crippen molar-refractivity contribution in [3.05, 3.63) is 35.4 Å². The molecule has 5 nitrogen and oxygen atoms in total. The van der Waals surface area contributed by atoms with Crippen LogP contribution in [0.2, 0.25) is 0 Å². The van der Waals surface area contributed by atoms with Crippen LogP contribution in [0.5, 0.6) is 0 Å². The first-order valence-corrected chi connectivity index (χ1v) is 11.3. The van der Waals surface area contributed by atoms with E-state index in [1.165, 1.54) is 12.1 Å². The Morgan fingerprint density at radius 1 is 1.16 bits per heavy atom. The second-order valence-corrected chi connectivity index (χ2v) is 8.65. The van der Waals surface area contributed by atoms with Gasteiger partial charge in [0.1, 0.15) is 0 Å². The fourth-order valence-electron chi connectivity index (χ4n) is 4.56. The number of amides is 2. The number of ether oxygens (including phenoxy) is 1. The molecule has 1 unspecified atom stereocenters. The van der Waals surface area contributed by atoms with Crippen molar-refractivity contribution in [1.29, 1.82) is 0 Å². The standard InChI is InChI=1S/C23H34F3N3O2.ClH/c1-3-27(18(2)15-20-5-4-6-21(16-20)23(24,25)26)17-19-7-9-28(10-8-19)22(30)29-11-13-31-14-12-29;/h4-6,16,18-19H,3,7-15,17H2,1-2H3;1H. The van der Waals surface area contributed by atoms with E-state index in [0.717, 1.165) is 45.1 Å². The Morgan fingerprint density at radius 2 is 1.78 bits per heavy atom. The summed E-state index contributed by atoms with van der Waals surface area (Å²) in [5, 5.41) is 0. The molecule has 2 aliphatic rings. The summed E-state index contributed by atoms with van der Waals surface area (Å²) in [4.78, 5) is 18.8. The zero-order valence-corrected chi connectivity index (χ0v) is 19.8. The van der Waals surface area contributed by atoms with Crippen LogP contribution in [0, 0.1) is 5.92 Å². The van der Waals surface area contributed by atoms with Gasteiger partial charge in [-0.05, 0) is 50.3 Å². The monoisotopic (exact) mass is 477 g/mol.